The average Bonchev–Trinajstić information content (AvgIpc) is 3.36. The molecule has 0 radical (unpaired) electrons. The van der Waals surface area contributed by atoms with Crippen molar-refractivity contribution in [2.75, 3.05) is 26.3 Å². The van der Waals surface area contributed by atoms with Gasteiger partial charge in [0.1, 0.15) is 35.4 Å². The summed E-state index contributed by atoms with van der Waals surface area (Å²) >= 11 is 0. The summed E-state index contributed by atoms with van der Waals surface area (Å²) < 4.78 is 47.9. The van der Waals surface area contributed by atoms with E-state index in [1.807, 2.05) is 6.92 Å². The number of amides is 1. The second-order valence-electron chi connectivity index (χ2n) is 9.54. The zero-order valence-electron chi connectivity index (χ0n) is 18.6. The van der Waals surface area contributed by atoms with Crippen LogP contribution in [0.3, 0.4) is 0 Å². The molecule has 0 N–H and O–H groups in total. The van der Waals surface area contributed by atoms with Gasteiger partial charge in [-0.1, -0.05) is 6.07 Å². The maximum atomic E-state index is 14.4. The van der Waals surface area contributed by atoms with Crippen LogP contribution in [0.15, 0.2) is 36.8 Å². The van der Waals surface area contributed by atoms with Crippen LogP contribution in [0.5, 0.6) is 5.88 Å². The van der Waals surface area contributed by atoms with E-state index in [-0.39, 0.29) is 35.3 Å². The van der Waals surface area contributed by atoms with Crippen LogP contribution in [-0.2, 0) is 9.47 Å². The van der Waals surface area contributed by atoms with Gasteiger partial charge < -0.3 is 19.1 Å². The molecule has 4 heterocycles. The molecule has 3 aromatic rings. The topological polar surface area (TPSA) is 78.7 Å². The van der Waals surface area contributed by atoms with Crippen LogP contribution in [0.1, 0.15) is 19.8 Å². The molecule has 1 saturated carbocycles. The lowest BCUT2D eigenvalue weighted by atomic mass is 9.84. The van der Waals surface area contributed by atoms with Crippen molar-refractivity contribution in [3.05, 3.63) is 48.4 Å². The van der Waals surface area contributed by atoms with Gasteiger partial charge in [0.2, 0.25) is 5.88 Å². The number of piperidine rings is 1. The fourth-order valence-electron chi connectivity index (χ4n) is 4.84. The van der Waals surface area contributed by atoms with E-state index in [1.165, 1.54) is 29.1 Å². The van der Waals surface area contributed by atoms with Crippen LogP contribution in [0.2, 0.25) is 0 Å². The second kappa shape index (κ2) is 7.90. The van der Waals surface area contributed by atoms with E-state index < -0.39 is 11.6 Å². The zero-order chi connectivity index (χ0) is 23.4. The van der Waals surface area contributed by atoms with Crippen molar-refractivity contribution in [3.8, 4) is 11.6 Å². The molecule has 6 rings (SSSR count). The minimum Gasteiger partial charge on any atom is -0.473 e. The molecule has 2 aromatic heterocycles. The maximum absolute atomic E-state index is 14.4. The van der Waals surface area contributed by atoms with E-state index in [4.69, 9.17) is 14.2 Å². The highest BCUT2D eigenvalue weighted by atomic mass is 19.1. The van der Waals surface area contributed by atoms with Crippen molar-refractivity contribution in [2.45, 2.75) is 31.5 Å². The van der Waals surface area contributed by atoms with Crippen molar-refractivity contribution < 1.29 is 27.8 Å². The molecule has 2 unspecified atom stereocenters. The van der Waals surface area contributed by atoms with Gasteiger partial charge in [-0.05, 0) is 38.0 Å². The van der Waals surface area contributed by atoms with Gasteiger partial charge in [-0.25, -0.2) is 23.5 Å². The first kappa shape index (κ1) is 21.3. The Kier molecular flexibility index (Phi) is 4.94. The number of ether oxygens (including phenoxy) is 3. The van der Waals surface area contributed by atoms with Crippen molar-refractivity contribution in [1.29, 1.82) is 0 Å². The molecule has 2 bridgehead atoms. The molecule has 3 aliphatic rings. The highest BCUT2D eigenvalue weighted by Crippen LogP contribution is 2.40. The van der Waals surface area contributed by atoms with Crippen LogP contribution < -0.4 is 4.74 Å². The summed E-state index contributed by atoms with van der Waals surface area (Å²) in [6.45, 7) is 3.79. The Morgan fingerprint density at radius 3 is 2.50 bits per heavy atom. The Balaban J connectivity index is 1.26. The number of nitrogens with zero attached hydrogens (tertiary/aromatic N) is 4. The Labute approximate surface area is 194 Å². The van der Waals surface area contributed by atoms with Crippen molar-refractivity contribution in [1.82, 2.24) is 19.4 Å². The van der Waals surface area contributed by atoms with Gasteiger partial charge in [-0.3, -0.25) is 4.57 Å². The van der Waals surface area contributed by atoms with Crippen molar-refractivity contribution in [3.63, 3.8) is 0 Å². The van der Waals surface area contributed by atoms with E-state index in [2.05, 4.69) is 9.97 Å². The van der Waals surface area contributed by atoms with Gasteiger partial charge in [0.15, 0.2) is 5.65 Å². The third-order valence-electron chi connectivity index (χ3n) is 6.92. The fraction of sp³-hybridized carbons (Fsp3) is 0.458. The summed E-state index contributed by atoms with van der Waals surface area (Å²) in [4.78, 5) is 23.0. The van der Waals surface area contributed by atoms with Crippen molar-refractivity contribution in [2.24, 2.45) is 11.8 Å². The zero-order valence-corrected chi connectivity index (χ0v) is 18.6. The number of para-hydroxylation sites is 1. The first-order valence-corrected chi connectivity index (χ1v) is 11.4. The minimum atomic E-state index is -0.690. The van der Waals surface area contributed by atoms with E-state index in [1.54, 1.807) is 17.2 Å². The van der Waals surface area contributed by atoms with Gasteiger partial charge in [-0.2, -0.15) is 0 Å². The third kappa shape index (κ3) is 3.66. The molecule has 2 atom stereocenters. The average molecular weight is 470 g/mol. The predicted molar refractivity (Wildman–Crippen MR) is 117 cm³/mol. The van der Waals surface area contributed by atoms with E-state index >= 15 is 0 Å². The number of carbonyl (C=O) groups is 1. The molecule has 3 fully saturated rings. The second-order valence-corrected chi connectivity index (χ2v) is 9.54. The Hall–Kier alpha value is -3.27. The van der Waals surface area contributed by atoms with E-state index in [0.717, 1.165) is 12.8 Å². The number of benzene rings is 1. The smallest absolute Gasteiger partial charge is 0.410 e. The number of fused-ring (bicyclic) bond motifs is 3. The first-order chi connectivity index (χ1) is 16.4. The number of hydrogen-bond acceptors (Lipinski definition) is 6. The number of aromatic nitrogens is 3. The summed E-state index contributed by atoms with van der Waals surface area (Å²) in [6.07, 6.45) is 4.16. The predicted octanol–water partition coefficient (Wildman–Crippen LogP) is 3.71. The number of halogens is 2. The summed E-state index contributed by atoms with van der Waals surface area (Å²) in [5.74, 6) is -1.15. The number of likely N-dealkylation sites (tertiary alicyclic amines) is 1. The van der Waals surface area contributed by atoms with Gasteiger partial charge in [0, 0.05) is 31.1 Å². The van der Waals surface area contributed by atoms with Gasteiger partial charge in [-0.15, -0.1) is 0 Å². The lowest BCUT2D eigenvalue weighted by Gasteiger charge is -2.46. The van der Waals surface area contributed by atoms with Crippen LogP contribution in [0, 0.1) is 23.5 Å². The molecule has 0 spiro atoms. The normalized spacial score (nSPS) is 25.3. The Morgan fingerprint density at radius 2 is 1.82 bits per heavy atom. The highest BCUT2D eigenvalue weighted by Gasteiger charge is 2.47. The number of hydrogen-bond donors (Lipinski definition) is 0. The van der Waals surface area contributed by atoms with Gasteiger partial charge in [0.05, 0.1) is 18.6 Å². The highest BCUT2D eigenvalue weighted by molar-refractivity contribution is 5.83. The van der Waals surface area contributed by atoms with Crippen LogP contribution in [0.4, 0.5) is 13.6 Å². The van der Waals surface area contributed by atoms with Crippen LogP contribution in [0.25, 0.3) is 16.7 Å². The molecule has 1 amide bonds. The molecular formula is C24H24F2N4O4. The fourth-order valence-corrected chi connectivity index (χ4v) is 4.84. The minimum absolute atomic E-state index is 0.0526. The Morgan fingerprint density at radius 1 is 1.12 bits per heavy atom. The molecule has 2 aliphatic heterocycles. The van der Waals surface area contributed by atoms with Crippen molar-refractivity contribution >= 4 is 17.1 Å². The largest absolute Gasteiger partial charge is 0.473 e. The van der Waals surface area contributed by atoms with E-state index in [0.29, 0.717) is 43.2 Å². The summed E-state index contributed by atoms with van der Waals surface area (Å²) in [7, 11) is 0. The molecule has 178 valence electrons. The maximum Gasteiger partial charge on any atom is 0.410 e. The third-order valence-corrected chi connectivity index (χ3v) is 6.92. The van der Waals surface area contributed by atoms with Gasteiger partial charge >= 0.3 is 6.09 Å². The molecule has 10 heteroatoms. The SMILES string of the molecule is CC1(OC(=O)N2CC3COCC(C2)C3Oc2ncnc3c2ccn3-c2c(F)cccc2F)CC1. The Bertz CT molecular complexity index is 1230. The molecule has 8 nitrogen and oxygen atoms in total. The number of rotatable bonds is 4. The molecule has 1 aromatic carbocycles. The monoisotopic (exact) mass is 470 g/mol. The van der Waals surface area contributed by atoms with E-state index in [9.17, 15) is 13.6 Å². The number of carbonyl (C=O) groups excluding carboxylic acids is 1. The molecular weight excluding hydrogens is 446 g/mol. The van der Waals surface area contributed by atoms with Crippen LogP contribution in [-0.4, -0.2) is 63.5 Å². The standard InChI is InChI=1S/C24H24F2N4O4/c1-24(6-7-24)34-23(31)29-9-14-11-32-12-15(10-29)20(14)33-22-16-5-8-30(21(16)27-13-28-22)19-17(25)3-2-4-18(19)26/h2-5,8,13-15,20H,6-7,9-12H2,1H3. The molecule has 1 aliphatic carbocycles. The summed E-state index contributed by atoms with van der Waals surface area (Å²) in [5, 5.41) is 0.549. The lowest BCUT2D eigenvalue weighted by Crippen LogP contribution is -2.59. The lowest BCUT2D eigenvalue weighted by molar-refractivity contribution is -0.111. The van der Waals surface area contributed by atoms with Crippen LogP contribution >= 0.6 is 0 Å². The molecule has 34 heavy (non-hydrogen) atoms. The summed E-state index contributed by atoms with van der Waals surface area (Å²) in [6, 6.07) is 5.40. The van der Waals surface area contributed by atoms with Gasteiger partial charge in [0.25, 0.3) is 0 Å². The quantitative estimate of drug-likeness (QED) is 0.579. The molecule has 2 saturated heterocycles. The first-order valence-electron chi connectivity index (χ1n) is 11.4. The summed E-state index contributed by atoms with van der Waals surface area (Å²) in [5.41, 5.74) is -0.189.